The summed E-state index contributed by atoms with van der Waals surface area (Å²) in [6, 6.07) is 4.73. The number of hydrogen-bond acceptors (Lipinski definition) is 0. The van der Waals surface area contributed by atoms with Gasteiger partial charge in [-0.3, -0.25) is 0 Å². The van der Waals surface area contributed by atoms with Gasteiger partial charge in [-0.2, -0.15) is 0 Å². The molecule has 0 spiro atoms. The third kappa shape index (κ3) is 22.4. The Morgan fingerprint density at radius 1 is 0.389 bits per heavy atom. The van der Waals surface area contributed by atoms with E-state index in [1.54, 1.807) is 0 Å². The Labute approximate surface area is 228 Å². The van der Waals surface area contributed by atoms with Gasteiger partial charge >= 0.3 is 0 Å². The highest BCUT2D eigenvalue weighted by Crippen LogP contribution is 2.14. The predicted octanol–water partition coefficient (Wildman–Crippen LogP) is 11.7. The molecule has 0 saturated heterocycles. The van der Waals surface area contributed by atoms with E-state index in [-0.39, 0.29) is 0 Å². The summed E-state index contributed by atoms with van der Waals surface area (Å²) >= 11 is 0. The molecule has 0 radical (unpaired) electrons. The molecule has 0 aliphatic heterocycles. The lowest BCUT2D eigenvalue weighted by Gasteiger charge is -2.04. The van der Waals surface area contributed by atoms with Gasteiger partial charge < -0.3 is 0 Å². The third-order valence-corrected chi connectivity index (χ3v) is 8.05. The number of aromatic nitrogens is 1. The van der Waals surface area contributed by atoms with Crippen molar-refractivity contribution in [3.8, 4) is 0 Å². The zero-order chi connectivity index (χ0) is 25.8. The van der Waals surface area contributed by atoms with E-state index in [1.165, 1.54) is 185 Å². The number of unbranched alkanes of at least 4 members (excludes halogenated alkanes) is 24. The fourth-order valence-electron chi connectivity index (χ4n) is 5.46. The minimum absolute atomic E-state index is 1.19. The Morgan fingerprint density at radius 2 is 0.694 bits per heavy atom. The zero-order valence-electron chi connectivity index (χ0n) is 25.1. The molecule has 0 atom stereocenters. The van der Waals surface area contributed by atoms with Crippen LogP contribution in [-0.4, -0.2) is 0 Å². The van der Waals surface area contributed by atoms with Crippen LogP contribution in [0.5, 0.6) is 0 Å². The number of rotatable bonds is 28. The molecular formula is C35H66N+. The number of nitrogens with zero attached hydrogens (tertiary/aromatic N) is 1. The van der Waals surface area contributed by atoms with E-state index >= 15 is 0 Å². The molecule has 0 aliphatic carbocycles. The van der Waals surface area contributed by atoms with Crippen molar-refractivity contribution in [3.63, 3.8) is 0 Å². The van der Waals surface area contributed by atoms with Crippen molar-refractivity contribution in [2.75, 3.05) is 0 Å². The van der Waals surface area contributed by atoms with Crippen LogP contribution in [0.1, 0.15) is 186 Å². The Balaban J connectivity index is 1.84. The van der Waals surface area contributed by atoms with E-state index in [9.17, 15) is 0 Å². The van der Waals surface area contributed by atoms with Gasteiger partial charge in [0.2, 0.25) is 0 Å². The van der Waals surface area contributed by atoms with Crippen LogP contribution >= 0.6 is 0 Å². The average Bonchev–Trinajstić information content (AvgIpc) is 2.90. The third-order valence-electron chi connectivity index (χ3n) is 8.05. The number of hydrogen-bond donors (Lipinski definition) is 0. The fraction of sp³-hybridized carbons (Fsp3) is 0.857. The minimum atomic E-state index is 1.19. The lowest BCUT2D eigenvalue weighted by molar-refractivity contribution is -0.697. The van der Waals surface area contributed by atoms with E-state index in [0.29, 0.717) is 0 Å². The average molecular weight is 501 g/mol. The van der Waals surface area contributed by atoms with Crippen LogP contribution in [0.2, 0.25) is 0 Å². The van der Waals surface area contributed by atoms with E-state index in [4.69, 9.17) is 0 Å². The van der Waals surface area contributed by atoms with Crippen LogP contribution in [0.4, 0.5) is 0 Å². The van der Waals surface area contributed by atoms with Crippen LogP contribution in [0.15, 0.2) is 24.5 Å². The molecule has 210 valence electrons. The van der Waals surface area contributed by atoms with E-state index in [0.717, 1.165) is 0 Å². The van der Waals surface area contributed by atoms with E-state index < -0.39 is 0 Å². The summed E-state index contributed by atoms with van der Waals surface area (Å²) in [4.78, 5) is 0. The molecular weight excluding hydrogens is 434 g/mol. The smallest absolute Gasteiger partial charge is 0.169 e. The maximum absolute atomic E-state index is 2.40. The summed E-state index contributed by atoms with van der Waals surface area (Å²) in [5, 5.41) is 0. The molecule has 1 heterocycles. The standard InChI is InChI=1S/C35H66N/c1-3-5-7-9-11-13-15-16-17-18-20-22-24-26-28-32-36-33-30-35(31-34-36)29-27-25-23-21-19-14-12-10-8-6-4-2/h30-31,33-34H,3-29,32H2,1-2H3/q+1. The molecule has 1 aromatic rings. The quantitative estimate of drug-likeness (QED) is 0.0795. The first kappa shape index (κ1) is 33.2. The second-order valence-electron chi connectivity index (χ2n) is 11.7. The molecule has 1 aromatic heterocycles. The van der Waals surface area contributed by atoms with Crippen molar-refractivity contribution < 1.29 is 4.57 Å². The van der Waals surface area contributed by atoms with Gasteiger partial charge in [0, 0.05) is 18.6 Å². The maximum Gasteiger partial charge on any atom is 0.169 e. The summed E-state index contributed by atoms with van der Waals surface area (Å²) in [5.41, 5.74) is 1.53. The van der Waals surface area contributed by atoms with Crippen LogP contribution in [0.3, 0.4) is 0 Å². The molecule has 1 heteroatoms. The van der Waals surface area contributed by atoms with Crippen LogP contribution in [-0.2, 0) is 13.0 Å². The van der Waals surface area contributed by atoms with Crippen molar-refractivity contribution >= 4 is 0 Å². The topological polar surface area (TPSA) is 3.88 Å². The zero-order valence-corrected chi connectivity index (χ0v) is 25.1. The second kappa shape index (κ2) is 27.2. The molecule has 0 unspecified atom stereocenters. The second-order valence-corrected chi connectivity index (χ2v) is 11.7. The van der Waals surface area contributed by atoms with Gasteiger partial charge in [-0.15, -0.1) is 0 Å². The first-order chi connectivity index (χ1) is 17.9. The first-order valence-electron chi connectivity index (χ1n) is 16.8. The molecule has 36 heavy (non-hydrogen) atoms. The van der Waals surface area contributed by atoms with Gasteiger partial charge in [0.15, 0.2) is 12.4 Å². The van der Waals surface area contributed by atoms with Crippen molar-refractivity contribution in [2.24, 2.45) is 0 Å². The van der Waals surface area contributed by atoms with E-state index in [1.807, 2.05) is 0 Å². The molecule has 0 N–H and O–H groups in total. The van der Waals surface area contributed by atoms with Crippen molar-refractivity contribution in [2.45, 2.75) is 194 Å². The summed E-state index contributed by atoms with van der Waals surface area (Å²) in [5.74, 6) is 0. The highest BCUT2D eigenvalue weighted by molar-refractivity contribution is 5.07. The lowest BCUT2D eigenvalue weighted by Crippen LogP contribution is -2.32. The Kier molecular flexibility index (Phi) is 25.1. The summed E-state index contributed by atoms with van der Waals surface area (Å²) < 4.78 is 2.40. The van der Waals surface area contributed by atoms with Gasteiger partial charge in [0.1, 0.15) is 6.54 Å². The molecule has 0 aliphatic rings. The highest BCUT2D eigenvalue weighted by Gasteiger charge is 2.02. The predicted molar refractivity (Wildman–Crippen MR) is 162 cm³/mol. The minimum Gasteiger partial charge on any atom is -0.205 e. The number of aryl methyl sites for hydroxylation is 2. The maximum atomic E-state index is 2.40. The molecule has 1 nitrogen and oxygen atoms in total. The lowest BCUT2D eigenvalue weighted by atomic mass is 10.0. The van der Waals surface area contributed by atoms with Crippen molar-refractivity contribution in [3.05, 3.63) is 30.1 Å². The van der Waals surface area contributed by atoms with Crippen molar-refractivity contribution in [1.82, 2.24) is 0 Å². The summed E-state index contributed by atoms with van der Waals surface area (Å²) in [7, 11) is 0. The molecule has 0 saturated carbocycles. The first-order valence-corrected chi connectivity index (χ1v) is 16.8. The normalized spacial score (nSPS) is 11.4. The van der Waals surface area contributed by atoms with Crippen molar-refractivity contribution in [1.29, 1.82) is 0 Å². The SMILES string of the molecule is CCCCCCCCCCCCCCCCC[n+]1ccc(CCCCCCCCCCCCC)cc1. The summed E-state index contributed by atoms with van der Waals surface area (Å²) in [6.45, 7) is 5.80. The van der Waals surface area contributed by atoms with Crippen LogP contribution < -0.4 is 4.57 Å². The monoisotopic (exact) mass is 501 g/mol. The molecule has 0 bridgehead atoms. The van der Waals surface area contributed by atoms with Gasteiger partial charge in [-0.1, -0.05) is 162 Å². The van der Waals surface area contributed by atoms with Crippen LogP contribution in [0, 0.1) is 0 Å². The molecule has 0 fully saturated rings. The Hall–Kier alpha value is -0.850. The van der Waals surface area contributed by atoms with E-state index in [2.05, 4.69) is 42.9 Å². The summed E-state index contributed by atoms with van der Waals surface area (Å²) in [6.07, 6.45) is 43.2. The number of pyridine rings is 1. The van der Waals surface area contributed by atoms with Gasteiger partial charge in [-0.05, 0) is 24.8 Å². The molecule has 0 aromatic carbocycles. The highest BCUT2D eigenvalue weighted by atomic mass is 14.9. The Morgan fingerprint density at radius 3 is 1.06 bits per heavy atom. The molecule has 1 rings (SSSR count). The van der Waals surface area contributed by atoms with Gasteiger partial charge in [-0.25, -0.2) is 4.57 Å². The van der Waals surface area contributed by atoms with Gasteiger partial charge in [0.05, 0.1) is 0 Å². The largest absolute Gasteiger partial charge is 0.205 e. The Bertz CT molecular complexity index is 534. The van der Waals surface area contributed by atoms with Gasteiger partial charge in [0.25, 0.3) is 0 Å². The fourth-order valence-corrected chi connectivity index (χ4v) is 5.46. The van der Waals surface area contributed by atoms with Crippen LogP contribution in [0.25, 0.3) is 0 Å². The molecule has 0 amide bonds.